The van der Waals surface area contributed by atoms with Gasteiger partial charge in [0, 0.05) is 12.7 Å². The summed E-state index contributed by atoms with van der Waals surface area (Å²) in [4.78, 5) is 18.8. The molecule has 0 spiro atoms. The van der Waals surface area contributed by atoms with Crippen molar-refractivity contribution in [3.63, 3.8) is 0 Å². The Morgan fingerprint density at radius 3 is 2.86 bits per heavy atom. The molecule has 1 aliphatic rings. The standard InChI is InChI=1S/C20H19ClN4O3/c21-14-7-1-2-10-17(14)27-13-18(26)25-12-6-4-9-16(25)20-24-23-19(28-20)15-8-3-5-11-22-15/h1-3,5,7-8,10-11,16H,4,6,9,12-13H2. The first-order chi connectivity index (χ1) is 13.7. The van der Waals surface area contributed by atoms with Crippen LogP contribution in [0.1, 0.15) is 31.2 Å². The number of carbonyl (C=O) groups excluding carboxylic acids is 1. The molecule has 144 valence electrons. The van der Waals surface area contributed by atoms with E-state index in [-0.39, 0.29) is 18.6 Å². The van der Waals surface area contributed by atoms with E-state index in [9.17, 15) is 4.79 Å². The van der Waals surface area contributed by atoms with E-state index in [1.807, 2.05) is 24.3 Å². The first-order valence-corrected chi connectivity index (χ1v) is 9.52. The van der Waals surface area contributed by atoms with E-state index in [1.54, 1.807) is 29.3 Å². The van der Waals surface area contributed by atoms with E-state index in [0.29, 0.717) is 34.8 Å². The maximum atomic E-state index is 12.8. The summed E-state index contributed by atoms with van der Waals surface area (Å²) in [5.41, 5.74) is 0.608. The van der Waals surface area contributed by atoms with Crippen LogP contribution in [0.25, 0.3) is 11.6 Å². The lowest BCUT2D eigenvalue weighted by Gasteiger charge is -2.33. The Hall–Kier alpha value is -2.93. The van der Waals surface area contributed by atoms with Gasteiger partial charge in [-0.3, -0.25) is 9.78 Å². The van der Waals surface area contributed by atoms with Crippen LogP contribution in [0.3, 0.4) is 0 Å². The molecule has 3 heterocycles. The molecule has 7 nitrogen and oxygen atoms in total. The zero-order chi connectivity index (χ0) is 19.3. The number of hydrogen-bond donors (Lipinski definition) is 0. The normalized spacial score (nSPS) is 16.8. The summed E-state index contributed by atoms with van der Waals surface area (Å²) in [6.07, 6.45) is 4.35. The molecule has 0 N–H and O–H groups in total. The Balaban J connectivity index is 1.48. The van der Waals surface area contributed by atoms with Crippen molar-refractivity contribution in [3.8, 4) is 17.3 Å². The second kappa shape index (κ2) is 8.39. The summed E-state index contributed by atoms with van der Waals surface area (Å²) < 4.78 is 11.4. The van der Waals surface area contributed by atoms with E-state index < -0.39 is 0 Å². The number of nitrogens with zero attached hydrogens (tertiary/aromatic N) is 4. The third kappa shape index (κ3) is 3.99. The third-order valence-corrected chi connectivity index (χ3v) is 4.93. The highest BCUT2D eigenvalue weighted by Gasteiger charge is 2.32. The van der Waals surface area contributed by atoms with E-state index in [1.165, 1.54) is 0 Å². The summed E-state index contributed by atoms with van der Waals surface area (Å²) >= 11 is 6.09. The Morgan fingerprint density at radius 1 is 1.18 bits per heavy atom. The number of ether oxygens (including phenoxy) is 1. The molecule has 0 bridgehead atoms. The van der Waals surface area contributed by atoms with Crippen LogP contribution >= 0.6 is 11.6 Å². The highest BCUT2D eigenvalue weighted by molar-refractivity contribution is 6.32. The van der Waals surface area contributed by atoms with Gasteiger partial charge in [0.1, 0.15) is 17.5 Å². The maximum Gasteiger partial charge on any atom is 0.266 e. The highest BCUT2D eigenvalue weighted by Crippen LogP contribution is 2.32. The fourth-order valence-corrected chi connectivity index (χ4v) is 3.42. The van der Waals surface area contributed by atoms with Gasteiger partial charge in [-0.15, -0.1) is 10.2 Å². The summed E-state index contributed by atoms with van der Waals surface area (Å²) in [6.45, 7) is 0.526. The largest absolute Gasteiger partial charge is 0.482 e. The van der Waals surface area contributed by atoms with Crippen LogP contribution in [-0.2, 0) is 4.79 Å². The van der Waals surface area contributed by atoms with Crippen molar-refractivity contribution in [1.82, 2.24) is 20.1 Å². The van der Waals surface area contributed by atoms with E-state index >= 15 is 0 Å². The topological polar surface area (TPSA) is 81.4 Å². The van der Waals surface area contributed by atoms with Gasteiger partial charge in [-0.2, -0.15) is 0 Å². The van der Waals surface area contributed by atoms with Crippen molar-refractivity contribution in [2.45, 2.75) is 25.3 Å². The predicted molar refractivity (Wildman–Crippen MR) is 103 cm³/mol. The van der Waals surface area contributed by atoms with Crippen molar-refractivity contribution < 1.29 is 13.9 Å². The van der Waals surface area contributed by atoms with Crippen LogP contribution in [0.4, 0.5) is 0 Å². The number of benzene rings is 1. The Morgan fingerprint density at radius 2 is 2.04 bits per heavy atom. The van der Waals surface area contributed by atoms with Crippen LogP contribution in [0, 0.1) is 0 Å². The zero-order valence-electron chi connectivity index (χ0n) is 15.1. The minimum absolute atomic E-state index is 0.0958. The average Bonchev–Trinajstić information content (AvgIpc) is 3.24. The molecule has 0 radical (unpaired) electrons. The number of halogens is 1. The minimum atomic E-state index is -0.263. The predicted octanol–water partition coefficient (Wildman–Crippen LogP) is 3.92. The molecule has 0 saturated carbocycles. The lowest BCUT2D eigenvalue weighted by Crippen LogP contribution is -2.41. The molecule has 1 unspecified atom stereocenters. The number of carbonyl (C=O) groups is 1. The van der Waals surface area contributed by atoms with E-state index in [2.05, 4.69) is 15.2 Å². The number of pyridine rings is 1. The lowest BCUT2D eigenvalue weighted by atomic mass is 10.0. The number of para-hydroxylation sites is 1. The van der Waals surface area contributed by atoms with Gasteiger partial charge in [-0.25, -0.2) is 0 Å². The van der Waals surface area contributed by atoms with Crippen LogP contribution in [0.15, 0.2) is 53.1 Å². The second-order valence-corrected chi connectivity index (χ2v) is 6.89. The molecular formula is C20H19ClN4O3. The summed E-state index contributed by atoms with van der Waals surface area (Å²) in [5, 5.41) is 8.74. The number of likely N-dealkylation sites (tertiary alicyclic amines) is 1. The molecule has 1 atom stereocenters. The molecule has 1 aliphatic heterocycles. The molecule has 3 aromatic rings. The highest BCUT2D eigenvalue weighted by atomic mass is 35.5. The zero-order valence-corrected chi connectivity index (χ0v) is 15.9. The summed E-state index contributed by atoms with van der Waals surface area (Å²) in [6, 6.07) is 12.3. The van der Waals surface area contributed by atoms with Gasteiger partial charge >= 0.3 is 0 Å². The summed E-state index contributed by atoms with van der Waals surface area (Å²) in [7, 11) is 0. The van der Waals surface area contributed by atoms with Crippen LogP contribution in [-0.4, -0.2) is 39.1 Å². The molecule has 4 rings (SSSR count). The van der Waals surface area contributed by atoms with Crippen LogP contribution < -0.4 is 4.74 Å². The SMILES string of the molecule is O=C(COc1ccccc1Cl)N1CCCCC1c1nnc(-c2ccccn2)o1. The number of amides is 1. The smallest absolute Gasteiger partial charge is 0.266 e. The van der Waals surface area contributed by atoms with Gasteiger partial charge in [0.2, 0.25) is 5.89 Å². The fraction of sp³-hybridized carbons (Fsp3) is 0.300. The number of hydrogen-bond acceptors (Lipinski definition) is 6. The first-order valence-electron chi connectivity index (χ1n) is 9.14. The maximum absolute atomic E-state index is 12.8. The Labute approximate surface area is 167 Å². The van der Waals surface area contributed by atoms with Crippen LogP contribution in [0.2, 0.25) is 5.02 Å². The lowest BCUT2D eigenvalue weighted by molar-refractivity contribution is -0.137. The Kier molecular flexibility index (Phi) is 5.53. The van der Waals surface area contributed by atoms with Gasteiger partial charge in [-0.05, 0) is 43.5 Å². The Bertz CT molecular complexity index is 947. The van der Waals surface area contributed by atoms with Crippen molar-refractivity contribution in [3.05, 3.63) is 59.6 Å². The van der Waals surface area contributed by atoms with Crippen molar-refractivity contribution in [2.24, 2.45) is 0 Å². The number of piperidine rings is 1. The van der Waals surface area contributed by atoms with Gasteiger partial charge in [0.25, 0.3) is 11.8 Å². The molecule has 28 heavy (non-hydrogen) atoms. The molecular weight excluding hydrogens is 380 g/mol. The first kappa shape index (κ1) is 18.4. The fourth-order valence-electron chi connectivity index (χ4n) is 3.23. The molecule has 8 heteroatoms. The monoisotopic (exact) mass is 398 g/mol. The number of aromatic nitrogens is 3. The van der Waals surface area contributed by atoms with E-state index in [0.717, 1.165) is 19.3 Å². The average molecular weight is 399 g/mol. The quantitative estimate of drug-likeness (QED) is 0.648. The molecule has 1 aromatic carbocycles. The molecule has 1 amide bonds. The second-order valence-electron chi connectivity index (χ2n) is 6.48. The number of rotatable bonds is 5. The van der Waals surface area contributed by atoms with Crippen molar-refractivity contribution in [2.75, 3.05) is 13.2 Å². The molecule has 2 aromatic heterocycles. The van der Waals surface area contributed by atoms with E-state index in [4.69, 9.17) is 20.8 Å². The van der Waals surface area contributed by atoms with Crippen LogP contribution in [0.5, 0.6) is 5.75 Å². The molecule has 1 fully saturated rings. The van der Waals surface area contributed by atoms with Gasteiger partial charge in [0.05, 0.1) is 5.02 Å². The molecule has 1 saturated heterocycles. The minimum Gasteiger partial charge on any atom is -0.482 e. The van der Waals surface area contributed by atoms with Gasteiger partial charge in [-0.1, -0.05) is 29.8 Å². The van der Waals surface area contributed by atoms with Gasteiger partial charge in [0.15, 0.2) is 6.61 Å². The van der Waals surface area contributed by atoms with Crippen molar-refractivity contribution in [1.29, 1.82) is 0 Å². The molecule has 0 aliphatic carbocycles. The van der Waals surface area contributed by atoms with Gasteiger partial charge < -0.3 is 14.1 Å². The third-order valence-electron chi connectivity index (χ3n) is 4.62. The summed E-state index contributed by atoms with van der Waals surface area (Å²) in [5.74, 6) is 1.12. The van der Waals surface area contributed by atoms with Crippen molar-refractivity contribution >= 4 is 17.5 Å².